The SMILES string of the molecule is CC(C)OC(=O)c1cccc(-c2cccc(NC(C#N)=C(C#N)C#N)c2)c1. The summed E-state index contributed by atoms with van der Waals surface area (Å²) in [4.78, 5) is 12.1. The van der Waals surface area contributed by atoms with Crippen molar-refractivity contribution < 1.29 is 9.53 Å². The van der Waals surface area contributed by atoms with Crippen LogP contribution >= 0.6 is 0 Å². The number of ether oxygens (including phenoxy) is 1. The van der Waals surface area contributed by atoms with Crippen LogP contribution in [0.1, 0.15) is 24.2 Å². The van der Waals surface area contributed by atoms with E-state index in [1.807, 2.05) is 18.2 Å². The van der Waals surface area contributed by atoms with Gasteiger partial charge in [-0.15, -0.1) is 0 Å². The lowest BCUT2D eigenvalue weighted by molar-refractivity contribution is 0.0378. The minimum Gasteiger partial charge on any atom is -0.459 e. The Labute approximate surface area is 157 Å². The molecule has 0 heterocycles. The predicted molar refractivity (Wildman–Crippen MR) is 99.9 cm³/mol. The molecule has 0 aliphatic heterocycles. The lowest BCUT2D eigenvalue weighted by Crippen LogP contribution is -2.11. The number of hydrogen-bond donors (Lipinski definition) is 1. The van der Waals surface area contributed by atoms with Crippen molar-refractivity contribution >= 4 is 11.7 Å². The Morgan fingerprint density at radius 3 is 2.19 bits per heavy atom. The zero-order chi connectivity index (χ0) is 19.8. The second-order valence-corrected chi connectivity index (χ2v) is 5.83. The fraction of sp³-hybridized carbons (Fsp3) is 0.143. The second-order valence-electron chi connectivity index (χ2n) is 5.83. The van der Waals surface area contributed by atoms with Gasteiger partial charge in [-0.3, -0.25) is 0 Å². The molecule has 0 amide bonds. The molecule has 0 spiro atoms. The van der Waals surface area contributed by atoms with Crippen molar-refractivity contribution in [1.29, 1.82) is 15.8 Å². The maximum atomic E-state index is 12.1. The van der Waals surface area contributed by atoms with E-state index in [0.717, 1.165) is 11.1 Å². The van der Waals surface area contributed by atoms with E-state index in [2.05, 4.69) is 5.32 Å². The van der Waals surface area contributed by atoms with Crippen LogP contribution in [0.3, 0.4) is 0 Å². The van der Waals surface area contributed by atoms with Gasteiger partial charge in [-0.05, 0) is 49.2 Å². The van der Waals surface area contributed by atoms with Crippen molar-refractivity contribution in [2.45, 2.75) is 20.0 Å². The third-order valence-corrected chi connectivity index (χ3v) is 3.49. The van der Waals surface area contributed by atoms with Crippen molar-refractivity contribution in [1.82, 2.24) is 0 Å². The second kappa shape index (κ2) is 8.85. The maximum Gasteiger partial charge on any atom is 0.338 e. The van der Waals surface area contributed by atoms with Crippen molar-refractivity contribution in [3.8, 4) is 29.3 Å². The van der Waals surface area contributed by atoms with Crippen molar-refractivity contribution in [2.24, 2.45) is 0 Å². The molecule has 6 heteroatoms. The Morgan fingerprint density at radius 2 is 1.59 bits per heavy atom. The fourth-order valence-electron chi connectivity index (χ4n) is 2.31. The van der Waals surface area contributed by atoms with Crippen LogP contribution in [0.15, 0.2) is 59.8 Å². The minimum absolute atomic E-state index is 0.119. The van der Waals surface area contributed by atoms with Gasteiger partial charge in [-0.1, -0.05) is 24.3 Å². The molecule has 0 atom stereocenters. The zero-order valence-corrected chi connectivity index (χ0v) is 14.9. The summed E-state index contributed by atoms with van der Waals surface area (Å²) in [6, 6.07) is 19.3. The topological polar surface area (TPSA) is 110 Å². The van der Waals surface area contributed by atoms with Crippen LogP contribution in [0.2, 0.25) is 0 Å². The van der Waals surface area contributed by atoms with Crippen LogP contribution in [0.25, 0.3) is 11.1 Å². The predicted octanol–water partition coefficient (Wildman–Crippen LogP) is 4.16. The molecular weight excluding hydrogens is 340 g/mol. The van der Waals surface area contributed by atoms with Crippen molar-refractivity contribution in [3.05, 3.63) is 65.4 Å². The van der Waals surface area contributed by atoms with Crippen LogP contribution in [-0.2, 0) is 4.74 Å². The summed E-state index contributed by atoms with van der Waals surface area (Å²) < 4.78 is 5.21. The summed E-state index contributed by atoms with van der Waals surface area (Å²) in [5.74, 6) is -0.400. The first-order valence-corrected chi connectivity index (χ1v) is 8.11. The van der Waals surface area contributed by atoms with Gasteiger partial charge >= 0.3 is 5.97 Å². The molecule has 0 aliphatic rings. The number of allylic oxidation sites excluding steroid dienone is 2. The first kappa shape index (κ1) is 19.2. The quantitative estimate of drug-likeness (QED) is 0.636. The number of hydrogen-bond acceptors (Lipinski definition) is 6. The molecule has 1 N–H and O–H groups in total. The molecule has 132 valence electrons. The fourth-order valence-corrected chi connectivity index (χ4v) is 2.31. The molecule has 0 bridgehead atoms. The van der Waals surface area contributed by atoms with Crippen LogP contribution in [0, 0.1) is 34.0 Å². The van der Waals surface area contributed by atoms with Crippen LogP contribution in [-0.4, -0.2) is 12.1 Å². The van der Waals surface area contributed by atoms with Gasteiger partial charge < -0.3 is 10.1 Å². The summed E-state index contributed by atoms with van der Waals surface area (Å²) in [7, 11) is 0. The molecule has 0 aromatic heterocycles. The Morgan fingerprint density at radius 1 is 0.963 bits per heavy atom. The lowest BCUT2D eigenvalue weighted by atomic mass is 10.0. The average molecular weight is 356 g/mol. The summed E-state index contributed by atoms with van der Waals surface area (Å²) in [6.45, 7) is 3.57. The molecule has 0 unspecified atom stereocenters. The van der Waals surface area contributed by atoms with E-state index < -0.39 is 5.97 Å². The largest absolute Gasteiger partial charge is 0.459 e. The lowest BCUT2D eigenvalue weighted by Gasteiger charge is -2.10. The van der Waals surface area contributed by atoms with E-state index in [4.69, 9.17) is 20.5 Å². The highest BCUT2D eigenvalue weighted by Gasteiger charge is 2.11. The van der Waals surface area contributed by atoms with E-state index in [0.29, 0.717) is 11.3 Å². The van der Waals surface area contributed by atoms with Gasteiger partial charge in [0.1, 0.15) is 23.9 Å². The number of nitriles is 3. The molecular formula is C21H16N4O2. The smallest absolute Gasteiger partial charge is 0.338 e. The van der Waals surface area contributed by atoms with Crippen molar-refractivity contribution in [2.75, 3.05) is 5.32 Å². The van der Waals surface area contributed by atoms with Crippen LogP contribution in [0.4, 0.5) is 5.69 Å². The highest BCUT2D eigenvalue weighted by atomic mass is 16.5. The van der Waals surface area contributed by atoms with Crippen molar-refractivity contribution in [3.63, 3.8) is 0 Å². The minimum atomic E-state index is -0.400. The Bertz CT molecular complexity index is 1000. The molecule has 0 aliphatic carbocycles. The van der Waals surface area contributed by atoms with E-state index >= 15 is 0 Å². The molecule has 0 radical (unpaired) electrons. The Hall–Kier alpha value is -4.08. The number of nitrogens with zero attached hydrogens (tertiary/aromatic N) is 3. The molecule has 2 rings (SSSR count). The van der Waals surface area contributed by atoms with Gasteiger partial charge in [0.15, 0.2) is 5.57 Å². The molecule has 0 saturated carbocycles. The highest BCUT2D eigenvalue weighted by molar-refractivity contribution is 5.91. The first-order valence-electron chi connectivity index (χ1n) is 8.11. The third kappa shape index (κ3) is 4.95. The molecule has 0 fully saturated rings. The molecule has 0 saturated heterocycles. The first-order chi connectivity index (χ1) is 13.0. The van der Waals surface area contributed by atoms with Gasteiger partial charge in [-0.25, -0.2) is 4.79 Å². The zero-order valence-electron chi connectivity index (χ0n) is 14.9. The summed E-state index contributed by atoms with van der Waals surface area (Å²) in [6.07, 6.45) is -0.209. The summed E-state index contributed by atoms with van der Waals surface area (Å²) in [5.41, 5.74) is 2.16. The Kier molecular flexibility index (Phi) is 6.31. The number of rotatable bonds is 5. The van der Waals surface area contributed by atoms with Crippen LogP contribution < -0.4 is 5.32 Å². The number of benzene rings is 2. The summed E-state index contributed by atoms with van der Waals surface area (Å²) >= 11 is 0. The number of nitrogens with one attached hydrogen (secondary N) is 1. The van der Waals surface area contributed by atoms with Gasteiger partial charge in [0.05, 0.1) is 11.7 Å². The van der Waals surface area contributed by atoms with E-state index in [9.17, 15) is 4.79 Å². The highest BCUT2D eigenvalue weighted by Crippen LogP contribution is 2.25. The Balaban J connectivity index is 2.35. The van der Waals surface area contributed by atoms with Gasteiger partial charge in [-0.2, -0.15) is 15.8 Å². The number of carbonyl (C=O) groups is 1. The number of anilines is 1. The third-order valence-electron chi connectivity index (χ3n) is 3.49. The molecule has 6 nitrogen and oxygen atoms in total. The van der Waals surface area contributed by atoms with E-state index in [1.165, 1.54) is 0 Å². The summed E-state index contributed by atoms with van der Waals surface area (Å²) in [5, 5.41) is 29.8. The van der Waals surface area contributed by atoms with E-state index in [-0.39, 0.29) is 17.4 Å². The van der Waals surface area contributed by atoms with Gasteiger partial charge in [0.25, 0.3) is 0 Å². The maximum absolute atomic E-state index is 12.1. The number of carbonyl (C=O) groups excluding carboxylic acids is 1. The van der Waals surface area contributed by atoms with Gasteiger partial charge in [0, 0.05) is 5.69 Å². The number of esters is 1. The van der Waals surface area contributed by atoms with Crippen LogP contribution in [0.5, 0.6) is 0 Å². The molecule has 2 aromatic rings. The molecule has 2 aromatic carbocycles. The van der Waals surface area contributed by atoms with Gasteiger partial charge in [0.2, 0.25) is 0 Å². The average Bonchev–Trinajstić information content (AvgIpc) is 2.68. The standard InChI is InChI=1S/C21H16N4O2/c1-14(2)27-21(26)17-7-3-5-15(9-17)16-6-4-8-19(10-16)25-20(13-24)18(11-22)12-23/h3-10,14,25H,1-2H3. The monoisotopic (exact) mass is 356 g/mol. The normalized spacial score (nSPS) is 9.48. The molecule has 27 heavy (non-hydrogen) atoms. The van der Waals surface area contributed by atoms with E-state index in [1.54, 1.807) is 62.4 Å².